The third-order valence-corrected chi connectivity index (χ3v) is 3.87. The number of pyridine rings is 1. The lowest BCUT2D eigenvalue weighted by atomic mass is 10.2. The van der Waals surface area contributed by atoms with Gasteiger partial charge in [0.05, 0.1) is 5.56 Å². The number of nitrogens with one attached hydrogen (secondary N) is 1. The Labute approximate surface area is 136 Å². The summed E-state index contributed by atoms with van der Waals surface area (Å²) in [6.07, 6.45) is 5.06. The van der Waals surface area contributed by atoms with Gasteiger partial charge in [0.25, 0.3) is 5.89 Å². The van der Waals surface area contributed by atoms with Crippen LogP contribution >= 0.6 is 12.4 Å². The highest BCUT2D eigenvalue weighted by Crippen LogP contribution is 2.22. The van der Waals surface area contributed by atoms with Gasteiger partial charge < -0.3 is 14.7 Å². The van der Waals surface area contributed by atoms with Crippen LogP contribution in [0.2, 0.25) is 0 Å². The minimum Gasteiger partial charge on any atom is -0.357 e. The van der Waals surface area contributed by atoms with Crippen molar-refractivity contribution in [2.75, 3.05) is 25.0 Å². The average molecular weight is 324 g/mol. The van der Waals surface area contributed by atoms with E-state index in [1.54, 1.807) is 0 Å². The molecule has 3 heterocycles. The molecular weight excluding hydrogens is 302 g/mol. The maximum atomic E-state index is 5.32. The highest BCUT2D eigenvalue weighted by atomic mass is 35.5. The van der Waals surface area contributed by atoms with Crippen LogP contribution in [0.5, 0.6) is 0 Å². The van der Waals surface area contributed by atoms with Crippen molar-refractivity contribution in [3.63, 3.8) is 0 Å². The average Bonchev–Trinajstić information content (AvgIpc) is 3.19. The molecular formula is C15H22ClN5O. The normalized spacial score (nSPS) is 15.6. The summed E-state index contributed by atoms with van der Waals surface area (Å²) in [6.45, 7) is 4.28. The first-order valence-corrected chi connectivity index (χ1v) is 7.47. The third kappa shape index (κ3) is 3.75. The number of hydrogen-bond donors (Lipinski definition) is 1. The Morgan fingerprint density at radius 3 is 2.73 bits per heavy atom. The molecule has 1 saturated heterocycles. The molecule has 0 radical (unpaired) electrons. The van der Waals surface area contributed by atoms with Crippen molar-refractivity contribution in [1.82, 2.24) is 20.4 Å². The van der Waals surface area contributed by atoms with Gasteiger partial charge in [0, 0.05) is 31.7 Å². The van der Waals surface area contributed by atoms with E-state index in [1.165, 1.54) is 12.8 Å². The molecule has 0 spiro atoms. The molecule has 2 aromatic heterocycles. The second-order valence-corrected chi connectivity index (χ2v) is 5.51. The van der Waals surface area contributed by atoms with E-state index in [-0.39, 0.29) is 12.4 Å². The SMILES string of the molecule is CNC(C)Cc1noc(-c2ccc(N3CCCC3)nc2)n1.Cl. The Bertz CT molecular complexity index is 580. The van der Waals surface area contributed by atoms with Crippen molar-refractivity contribution >= 4 is 18.2 Å². The number of halogens is 1. The van der Waals surface area contributed by atoms with Crippen LogP contribution in [0, 0.1) is 0 Å². The van der Waals surface area contributed by atoms with Crippen LogP contribution in [0.15, 0.2) is 22.9 Å². The first-order valence-electron chi connectivity index (χ1n) is 7.47. The molecule has 0 amide bonds. The van der Waals surface area contributed by atoms with Gasteiger partial charge in [-0.1, -0.05) is 5.16 Å². The lowest BCUT2D eigenvalue weighted by Gasteiger charge is -2.15. The molecule has 1 atom stereocenters. The molecule has 1 aliphatic heterocycles. The van der Waals surface area contributed by atoms with Crippen LogP contribution in [0.3, 0.4) is 0 Å². The van der Waals surface area contributed by atoms with E-state index >= 15 is 0 Å². The molecule has 0 saturated carbocycles. The molecule has 0 aromatic carbocycles. The van der Waals surface area contributed by atoms with Gasteiger partial charge in [-0.15, -0.1) is 12.4 Å². The molecule has 2 aromatic rings. The number of likely N-dealkylation sites (N-methyl/N-ethyl adjacent to an activating group) is 1. The number of hydrogen-bond acceptors (Lipinski definition) is 6. The summed E-state index contributed by atoms with van der Waals surface area (Å²) < 4.78 is 5.32. The van der Waals surface area contributed by atoms with E-state index in [4.69, 9.17) is 4.52 Å². The van der Waals surface area contributed by atoms with Crippen molar-refractivity contribution in [2.24, 2.45) is 0 Å². The van der Waals surface area contributed by atoms with Crippen molar-refractivity contribution in [2.45, 2.75) is 32.2 Å². The molecule has 3 rings (SSSR count). The zero-order valence-corrected chi connectivity index (χ0v) is 13.8. The summed E-state index contributed by atoms with van der Waals surface area (Å²) in [4.78, 5) is 11.2. The fraction of sp³-hybridized carbons (Fsp3) is 0.533. The van der Waals surface area contributed by atoms with Crippen LogP contribution in [0.4, 0.5) is 5.82 Å². The molecule has 1 fully saturated rings. The van der Waals surface area contributed by atoms with Crippen LogP contribution in [-0.2, 0) is 6.42 Å². The van der Waals surface area contributed by atoms with E-state index < -0.39 is 0 Å². The van der Waals surface area contributed by atoms with Gasteiger partial charge in [-0.3, -0.25) is 0 Å². The van der Waals surface area contributed by atoms with Gasteiger partial charge in [-0.25, -0.2) is 4.98 Å². The highest BCUT2D eigenvalue weighted by Gasteiger charge is 2.15. The fourth-order valence-electron chi connectivity index (χ4n) is 2.48. The first kappa shape index (κ1) is 16.7. The summed E-state index contributed by atoms with van der Waals surface area (Å²) in [5, 5.41) is 7.18. The molecule has 0 bridgehead atoms. The Kier molecular flexibility index (Phi) is 5.74. The quantitative estimate of drug-likeness (QED) is 0.910. The van der Waals surface area contributed by atoms with Crippen molar-refractivity contribution < 1.29 is 4.52 Å². The van der Waals surface area contributed by atoms with E-state index in [2.05, 4.69) is 32.3 Å². The summed E-state index contributed by atoms with van der Waals surface area (Å²) >= 11 is 0. The lowest BCUT2D eigenvalue weighted by molar-refractivity contribution is 0.418. The van der Waals surface area contributed by atoms with E-state index in [1.807, 2.05) is 25.4 Å². The zero-order valence-electron chi connectivity index (χ0n) is 13.0. The summed E-state index contributed by atoms with van der Waals surface area (Å²) in [6, 6.07) is 4.35. The molecule has 1 unspecified atom stereocenters. The van der Waals surface area contributed by atoms with Crippen LogP contribution in [-0.4, -0.2) is 41.3 Å². The Morgan fingerprint density at radius 2 is 2.09 bits per heavy atom. The minimum absolute atomic E-state index is 0. The topological polar surface area (TPSA) is 67.1 Å². The molecule has 1 N–H and O–H groups in total. The maximum absolute atomic E-state index is 5.32. The second-order valence-electron chi connectivity index (χ2n) is 5.51. The molecule has 1 aliphatic rings. The standard InChI is InChI=1S/C15H21N5O.ClH/c1-11(16-2)9-13-18-15(21-19-13)12-5-6-14(17-10-12)20-7-3-4-8-20;/h5-6,10-11,16H,3-4,7-9H2,1-2H3;1H. The van der Waals surface area contributed by atoms with Gasteiger partial charge in [0.15, 0.2) is 5.82 Å². The lowest BCUT2D eigenvalue weighted by Crippen LogP contribution is -2.24. The van der Waals surface area contributed by atoms with Gasteiger partial charge in [-0.2, -0.15) is 4.98 Å². The number of anilines is 1. The predicted molar refractivity (Wildman–Crippen MR) is 88.4 cm³/mol. The monoisotopic (exact) mass is 323 g/mol. The van der Waals surface area contributed by atoms with Gasteiger partial charge in [0.1, 0.15) is 5.82 Å². The molecule has 120 valence electrons. The van der Waals surface area contributed by atoms with Gasteiger partial charge in [-0.05, 0) is 38.9 Å². The maximum Gasteiger partial charge on any atom is 0.259 e. The smallest absolute Gasteiger partial charge is 0.259 e. The number of nitrogens with zero attached hydrogens (tertiary/aromatic N) is 4. The molecule has 6 nitrogen and oxygen atoms in total. The minimum atomic E-state index is 0. The molecule has 7 heteroatoms. The van der Waals surface area contributed by atoms with Gasteiger partial charge in [0.2, 0.25) is 0 Å². The number of rotatable bonds is 5. The zero-order chi connectivity index (χ0) is 14.7. The molecule has 22 heavy (non-hydrogen) atoms. The van der Waals surface area contributed by atoms with Crippen molar-refractivity contribution in [3.8, 4) is 11.5 Å². The van der Waals surface area contributed by atoms with E-state index in [9.17, 15) is 0 Å². The van der Waals surface area contributed by atoms with Gasteiger partial charge >= 0.3 is 0 Å². The summed E-state index contributed by atoms with van der Waals surface area (Å²) in [5.41, 5.74) is 0.869. The van der Waals surface area contributed by atoms with E-state index in [0.717, 1.165) is 36.7 Å². The Morgan fingerprint density at radius 1 is 1.32 bits per heavy atom. The Balaban J connectivity index is 0.00000176. The highest BCUT2D eigenvalue weighted by molar-refractivity contribution is 5.85. The summed E-state index contributed by atoms with van der Waals surface area (Å²) in [7, 11) is 1.92. The van der Waals surface area contributed by atoms with Crippen molar-refractivity contribution in [1.29, 1.82) is 0 Å². The largest absolute Gasteiger partial charge is 0.357 e. The summed E-state index contributed by atoms with van der Waals surface area (Å²) in [5.74, 6) is 2.28. The first-order chi connectivity index (χ1) is 10.3. The predicted octanol–water partition coefficient (Wildman–Crippen LogP) is 2.30. The van der Waals surface area contributed by atoms with Crippen LogP contribution < -0.4 is 10.2 Å². The molecule has 0 aliphatic carbocycles. The third-order valence-electron chi connectivity index (χ3n) is 3.87. The Hall–Kier alpha value is -1.66. The fourth-order valence-corrected chi connectivity index (χ4v) is 2.48. The van der Waals surface area contributed by atoms with Crippen molar-refractivity contribution in [3.05, 3.63) is 24.2 Å². The number of aromatic nitrogens is 3. The van der Waals surface area contributed by atoms with E-state index in [0.29, 0.717) is 11.9 Å². The van der Waals surface area contributed by atoms with Crippen LogP contribution in [0.25, 0.3) is 11.5 Å². The van der Waals surface area contributed by atoms with Crippen LogP contribution in [0.1, 0.15) is 25.6 Å². The second kappa shape index (κ2) is 7.56.